The molecule has 0 aromatic carbocycles. The normalized spacial score (nSPS) is 11.6. The summed E-state index contributed by atoms with van der Waals surface area (Å²) in [6.07, 6.45) is 21.8. The van der Waals surface area contributed by atoms with Crippen molar-refractivity contribution in [3.63, 3.8) is 0 Å². The maximum Gasteiger partial charge on any atom is 2.00 e. The quantitative estimate of drug-likeness (QED) is 0.159. The number of phosphoric acid groups is 1. The van der Waals surface area contributed by atoms with Gasteiger partial charge in [-0.3, -0.25) is 0 Å². The Hall–Kier alpha value is 0.456. The zero-order valence-electron chi connectivity index (χ0n) is 15.5. The summed E-state index contributed by atoms with van der Waals surface area (Å²) in [4.78, 5) is 20.4. The zero-order chi connectivity index (χ0) is 17.2. The Kier molecular flexibility index (Phi) is 22.0. The largest absolute Gasteiger partial charge is 2.00 e. The molecule has 0 aliphatic carbocycles. The minimum absolute atomic E-state index is 0. The Balaban J connectivity index is 0. The molecule has 0 heterocycles. The van der Waals surface area contributed by atoms with Gasteiger partial charge < -0.3 is 18.9 Å². The van der Waals surface area contributed by atoms with Gasteiger partial charge in [0.25, 0.3) is 0 Å². The standard InChI is InChI=1S/C18H37O4P.Mg/c1-2-3-4-5-6-7-8-9-10-11-12-13-14-15-16-17-18-22-23(19,20)21;/h17-18H,2-16H2,1H3,(H2,19,20,21);/q;+2/p-2. The van der Waals surface area contributed by atoms with Crippen LogP contribution in [0.5, 0.6) is 0 Å². The van der Waals surface area contributed by atoms with Crippen LogP contribution in [0.1, 0.15) is 103 Å². The summed E-state index contributed by atoms with van der Waals surface area (Å²) in [5.41, 5.74) is 0. The molecule has 0 N–H and O–H groups in total. The maximum atomic E-state index is 10.2. The fourth-order valence-corrected chi connectivity index (χ4v) is 2.88. The van der Waals surface area contributed by atoms with Crippen LogP contribution in [0.4, 0.5) is 0 Å². The van der Waals surface area contributed by atoms with Crippen molar-refractivity contribution in [3.8, 4) is 0 Å². The van der Waals surface area contributed by atoms with Crippen LogP contribution in [-0.2, 0) is 9.09 Å². The average Bonchev–Trinajstić information content (AvgIpc) is 2.49. The fraction of sp³-hybridized carbons (Fsp3) is 0.889. The molecular weight excluding hydrogens is 335 g/mol. The van der Waals surface area contributed by atoms with Gasteiger partial charge in [0, 0.05) is 0 Å². The molecule has 0 bridgehead atoms. The number of rotatable bonds is 17. The summed E-state index contributed by atoms with van der Waals surface area (Å²) in [7, 11) is -4.84. The smallest absolute Gasteiger partial charge is 0.780 e. The molecule has 0 saturated carbocycles. The SMILES string of the molecule is CCCCCCCCCCCCCCCCC=COP(=O)([O-])[O-].[Mg+2]. The molecule has 0 atom stereocenters. The Labute approximate surface area is 165 Å². The molecule has 0 aromatic rings. The number of hydrogen-bond donors (Lipinski definition) is 0. The van der Waals surface area contributed by atoms with E-state index < -0.39 is 7.82 Å². The molecule has 0 saturated heterocycles. The molecule has 0 aliphatic heterocycles. The number of allylic oxidation sites excluding steroid dienone is 1. The van der Waals surface area contributed by atoms with Crippen LogP contribution in [0, 0.1) is 0 Å². The molecule has 24 heavy (non-hydrogen) atoms. The maximum absolute atomic E-state index is 10.2. The molecule has 0 rings (SSSR count). The second-order valence-electron chi connectivity index (χ2n) is 6.31. The summed E-state index contributed by atoms with van der Waals surface area (Å²) < 4.78 is 14.2. The Morgan fingerprint density at radius 3 is 1.50 bits per heavy atom. The minimum Gasteiger partial charge on any atom is -0.780 e. The van der Waals surface area contributed by atoms with E-state index in [0.717, 1.165) is 25.5 Å². The molecule has 0 aliphatic rings. The van der Waals surface area contributed by atoms with Crippen molar-refractivity contribution >= 4 is 30.9 Å². The summed E-state index contributed by atoms with van der Waals surface area (Å²) >= 11 is 0. The van der Waals surface area contributed by atoms with Crippen LogP contribution in [0.2, 0.25) is 0 Å². The van der Waals surface area contributed by atoms with Gasteiger partial charge in [-0.05, 0) is 18.9 Å². The first-order valence-electron chi connectivity index (χ1n) is 9.41. The summed E-state index contributed by atoms with van der Waals surface area (Å²) in [6.45, 7) is 2.26. The van der Waals surface area contributed by atoms with Crippen molar-refractivity contribution in [1.29, 1.82) is 0 Å². The van der Waals surface area contributed by atoms with E-state index in [1.54, 1.807) is 6.08 Å². The molecule has 0 aromatic heterocycles. The van der Waals surface area contributed by atoms with Gasteiger partial charge >= 0.3 is 23.1 Å². The summed E-state index contributed by atoms with van der Waals surface area (Å²) in [5, 5.41) is 0. The first-order valence-corrected chi connectivity index (χ1v) is 10.9. The van der Waals surface area contributed by atoms with E-state index >= 15 is 0 Å². The molecule has 0 spiro atoms. The summed E-state index contributed by atoms with van der Waals surface area (Å²) in [6, 6.07) is 0. The molecule has 6 heteroatoms. The van der Waals surface area contributed by atoms with Crippen LogP contribution in [0.3, 0.4) is 0 Å². The molecule has 0 amide bonds. The van der Waals surface area contributed by atoms with Crippen molar-refractivity contribution < 1.29 is 18.9 Å². The molecule has 4 nitrogen and oxygen atoms in total. The first-order chi connectivity index (χ1) is 11.1. The number of unbranched alkanes of at least 4 members (excludes halogenated alkanes) is 14. The molecule has 0 unspecified atom stereocenters. The van der Waals surface area contributed by atoms with Gasteiger partial charge in [0.15, 0.2) is 0 Å². The van der Waals surface area contributed by atoms with E-state index in [4.69, 9.17) is 0 Å². The van der Waals surface area contributed by atoms with Crippen LogP contribution < -0.4 is 9.79 Å². The molecule has 0 fully saturated rings. The van der Waals surface area contributed by atoms with E-state index in [9.17, 15) is 14.4 Å². The number of phosphoric ester groups is 1. The zero-order valence-corrected chi connectivity index (χ0v) is 17.9. The van der Waals surface area contributed by atoms with E-state index in [-0.39, 0.29) is 23.1 Å². The topological polar surface area (TPSA) is 72.4 Å². The fourth-order valence-electron chi connectivity index (χ4n) is 2.64. The van der Waals surface area contributed by atoms with Gasteiger partial charge in [-0.25, -0.2) is 0 Å². The van der Waals surface area contributed by atoms with Crippen molar-refractivity contribution in [1.82, 2.24) is 0 Å². The van der Waals surface area contributed by atoms with Crippen LogP contribution in [0.15, 0.2) is 12.3 Å². The Bertz CT molecular complexity index is 318. The molecular formula is C18H35MgO4P. The Morgan fingerprint density at radius 1 is 0.750 bits per heavy atom. The minimum atomic E-state index is -4.84. The van der Waals surface area contributed by atoms with E-state index in [0.29, 0.717) is 0 Å². The van der Waals surface area contributed by atoms with Gasteiger partial charge in [-0.2, -0.15) is 0 Å². The average molecular weight is 371 g/mol. The predicted octanol–water partition coefficient (Wildman–Crippen LogP) is 4.84. The first kappa shape index (κ1) is 26.7. The predicted molar refractivity (Wildman–Crippen MR) is 98.5 cm³/mol. The Morgan fingerprint density at radius 2 is 1.12 bits per heavy atom. The van der Waals surface area contributed by atoms with Crippen LogP contribution in [0.25, 0.3) is 0 Å². The van der Waals surface area contributed by atoms with Crippen LogP contribution in [-0.4, -0.2) is 23.1 Å². The third kappa shape index (κ3) is 24.7. The van der Waals surface area contributed by atoms with Gasteiger partial charge in [-0.15, -0.1) is 0 Å². The molecule has 138 valence electrons. The second kappa shape index (κ2) is 19.8. The third-order valence-corrected chi connectivity index (χ3v) is 4.39. The number of hydrogen-bond acceptors (Lipinski definition) is 4. The van der Waals surface area contributed by atoms with Crippen molar-refractivity contribution in [2.45, 2.75) is 103 Å². The second-order valence-corrected chi connectivity index (χ2v) is 7.41. The van der Waals surface area contributed by atoms with Gasteiger partial charge in [0.05, 0.1) is 6.26 Å². The monoisotopic (exact) mass is 370 g/mol. The van der Waals surface area contributed by atoms with Crippen molar-refractivity contribution in [2.75, 3.05) is 0 Å². The van der Waals surface area contributed by atoms with Gasteiger partial charge in [0.1, 0.15) is 7.82 Å². The van der Waals surface area contributed by atoms with Crippen molar-refractivity contribution in [3.05, 3.63) is 12.3 Å². The van der Waals surface area contributed by atoms with Crippen molar-refractivity contribution in [2.24, 2.45) is 0 Å². The third-order valence-electron chi connectivity index (χ3n) is 4.01. The van der Waals surface area contributed by atoms with E-state index in [2.05, 4.69) is 11.4 Å². The van der Waals surface area contributed by atoms with E-state index in [1.807, 2.05) is 0 Å². The summed E-state index contributed by atoms with van der Waals surface area (Å²) in [5.74, 6) is 0. The van der Waals surface area contributed by atoms with E-state index in [1.165, 1.54) is 77.0 Å². The van der Waals surface area contributed by atoms with Gasteiger partial charge in [0.2, 0.25) is 0 Å². The van der Waals surface area contributed by atoms with Gasteiger partial charge in [-0.1, -0.05) is 90.4 Å². The molecule has 0 radical (unpaired) electrons. The van der Waals surface area contributed by atoms with Crippen LogP contribution >= 0.6 is 7.82 Å².